The monoisotopic (exact) mass is 348 g/mol. The number of aldehydes is 1. The number of ether oxygens (including phenoxy) is 4. The minimum absolute atomic E-state index is 0.277. The van der Waals surface area contributed by atoms with E-state index in [4.69, 9.17) is 18.9 Å². The van der Waals surface area contributed by atoms with Crippen molar-refractivity contribution in [2.45, 2.75) is 24.5 Å². The Kier molecular flexibility index (Phi) is 5.28. The summed E-state index contributed by atoms with van der Waals surface area (Å²) in [7, 11) is 4.76. The van der Waals surface area contributed by atoms with Crippen molar-refractivity contribution >= 4 is 22.2 Å². The van der Waals surface area contributed by atoms with E-state index < -0.39 is 6.23 Å². The van der Waals surface area contributed by atoms with E-state index >= 15 is 0 Å². The quantitative estimate of drug-likeness (QED) is 0.715. The number of aromatic nitrogens is 2. The van der Waals surface area contributed by atoms with Crippen LogP contribution in [0, 0.1) is 0 Å². The zero-order valence-corrected chi connectivity index (χ0v) is 13.1. The number of methoxy groups -OCH3 is 3. The third kappa shape index (κ3) is 2.66. The van der Waals surface area contributed by atoms with Crippen molar-refractivity contribution in [3.05, 3.63) is 16.6 Å². The molecule has 1 aromatic heterocycles. The molecule has 0 aliphatic carbocycles. The van der Waals surface area contributed by atoms with Crippen LogP contribution in [0.5, 0.6) is 0 Å². The predicted molar refractivity (Wildman–Crippen MR) is 72.7 cm³/mol. The third-order valence-corrected chi connectivity index (χ3v) is 3.94. The SMILES string of the molecule is COC[C@H]1O[C@@H](n2cnc(Br)c2C=O)[C@H](OC)[C@@H]1OC. The lowest BCUT2D eigenvalue weighted by Crippen LogP contribution is -2.37. The van der Waals surface area contributed by atoms with Crippen LogP contribution in [-0.2, 0) is 18.9 Å². The van der Waals surface area contributed by atoms with Gasteiger partial charge in [0.2, 0.25) is 0 Å². The molecular formula is C12H17BrN2O5. The summed E-state index contributed by atoms with van der Waals surface area (Å²) in [5.41, 5.74) is 0.393. The van der Waals surface area contributed by atoms with Crippen molar-refractivity contribution in [1.82, 2.24) is 9.55 Å². The fraction of sp³-hybridized carbons (Fsp3) is 0.667. The second-order valence-corrected chi connectivity index (χ2v) is 5.12. The van der Waals surface area contributed by atoms with Gasteiger partial charge in [-0.1, -0.05) is 0 Å². The summed E-state index contributed by atoms with van der Waals surface area (Å²) in [6.07, 6.45) is 0.834. The Hall–Kier alpha value is -0.800. The highest BCUT2D eigenvalue weighted by molar-refractivity contribution is 9.10. The molecular weight excluding hydrogens is 332 g/mol. The van der Waals surface area contributed by atoms with Gasteiger partial charge in [-0.15, -0.1) is 0 Å². The van der Waals surface area contributed by atoms with Crippen molar-refractivity contribution in [2.75, 3.05) is 27.9 Å². The molecule has 0 radical (unpaired) electrons. The summed E-state index contributed by atoms with van der Waals surface area (Å²) >= 11 is 3.23. The van der Waals surface area contributed by atoms with Crippen LogP contribution >= 0.6 is 15.9 Å². The van der Waals surface area contributed by atoms with E-state index in [0.29, 0.717) is 16.9 Å². The van der Waals surface area contributed by atoms with Crippen molar-refractivity contribution in [1.29, 1.82) is 0 Å². The maximum Gasteiger partial charge on any atom is 0.169 e. The maximum atomic E-state index is 11.2. The fourth-order valence-corrected chi connectivity index (χ4v) is 2.82. The summed E-state index contributed by atoms with van der Waals surface area (Å²) < 4.78 is 24.1. The molecule has 7 nitrogen and oxygen atoms in total. The van der Waals surface area contributed by atoms with Gasteiger partial charge in [-0.3, -0.25) is 9.36 Å². The van der Waals surface area contributed by atoms with Crippen LogP contribution in [0.1, 0.15) is 16.7 Å². The molecule has 2 heterocycles. The first-order chi connectivity index (χ1) is 9.67. The van der Waals surface area contributed by atoms with Gasteiger partial charge in [-0.05, 0) is 15.9 Å². The van der Waals surface area contributed by atoms with Gasteiger partial charge in [0.25, 0.3) is 0 Å². The Morgan fingerprint density at radius 1 is 1.40 bits per heavy atom. The van der Waals surface area contributed by atoms with E-state index in [1.165, 1.54) is 6.33 Å². The van der Waals surface area contributed by atoms with Crippen LogP contribution < -0.4 is 0 Å². The van der Waals surface area contributed by atoms with Gasteiger partial charge in [-0.25, -0.2) is 4.98 Å². The standard InChI is InChI=1S/C12H17BrN2O5/c1-17-5-8-9(18-2)10(19-3)12(20-8)15-6-14-11(13)7(15)4-16/h4,6,8-10,12H,5H2,1-3H3/t8-,9-,10-,12-/m1/s1. The molecule has 2 rings (SSSR count). The lowest BCUT2D eigenvalue weighted by atomic mass is 10.1. The molecule has 1 saturated heterocycles. The Bertz CT molecular complexity index is 467. The number of hydrogen-bond acceptors (Lipinski definition) is 6. The van der Waals surface area contributed by atoms with Gasteiger partial charge >= 0.3 is 0 Å². The second kappa shape index (κ2) is 6.77. The van der Waals surface area contributed by atoms with E-state index in [9.17, 15) is 4.79 Å². The van der Waals surface area contributed by atoms with Gasteiger partial charge < -0.3 is 18.9 Å². The first kappa shape index (κ1) is 15.6. The van der Waals surface area contributed by atoms with E-state index in [-0.39, 0.29) is 18.3 Å². The molecule has 0 saturated carbocycles. The Balaban J connectivity index is 2.32. The zero-order valence-electron chi connectivity index (χ0n) is 11.5. The first-order valence-corrected chi connectivity index (χ1v) is 6.84. The van der Waals surface area contributed by atoms with Crippen LogP contribution in [0.3, 0.4) is 0 Å². The number of carbonyl (C=O) groups excluding carboxylic acids is 1. The zero-order chi connectivity index (χ0) is 14.7. The molecule has 8 heteroatoms. The van der Waals surface area contributed by atoms with Crippen LogP contribution in [-0.4, -0.2) is 62.1 Å². The summed E-state index contributed by atoms with van der Waals surface area (Å²) in [5.74, 6) is 0. The Morgan fingerprint density at radius 2 is 2.10 bits per heavy atom. The van der Waals surface area contributed by atoms with Gasteiger partial charge in [0.05, 0.1) is 12.9 Å². The largest absolute Gasteiger partial charge is 0.382 e. The van der Waals surface area contributed by atoms with Crippen molar-refractivity contribution in [2.24, 2.45) is 0 Å². The van der Waals surface area contributed by atoms with Crippen LogP contribution in [0.2, 0.25) is 0 Å². The number of nitrogens with zero attached hydrogens (tertiary/aromatic N) is 2. The average Bonchev–Trinajstić information content (AvgIpc) is 2.98. The summed E-state index contributed by atoms with van der Waals surface area (Å²) in [4.78, 5) is 15.2. The molecule has 0 bridgehead atoms. The summed E-state index contributed by atoms with van der Waals surface area (Å²) in [5, 5.41) is 0. The topological polar surface area (TPSA) is 71.8 Å². The molecule has 0 N–H and O–H groups in total. The molecule has 4 atom stereocenters. The van der Waals surface area contributed by atoms with E-state index in [0.717, 1.165) is 6.29 Å². The lowest BCUT2D eigenvalue weighted by molar-refractivity contribution is -0.0657. The Labute approximate surface area is 125 Å². The van der Waals surface area contributed by atoms with Crippen LogP contribution in [0.25, 0.3) is 0 Å². The normalized spacial score (nSPS) is 29.8. The Morgan fingerprint density at radius 3 is 2.65 bits per heavy atom. The molecule has 1 aliphatic rings. The maximum absolute atomic E-state index is 11.2. The number of halogens is 1. The molecule has 0 spiro atoms. The van der Waals surface area contributed by atoms with Gasteiger partial charge in [-0.2, -0.15) is 0 Å². The first-order valence-electron chi connectivity index (χ1n) is 6.05. The number of carbonyl (C=O) groups is 1. The molecule has 0 unspecified atom stereocenters. The molecule has 1 aromatic rings. The molecule has 112 valence electrons. The van der Waals surface area contributed by atoms with Crippen LogP contribution in [0.15, 0.2) is 10.9 Å². The van der Waals surface area contributed by atoms with Gasteiger partial charge in [0.15, 0.2) is 12.5 Å². The number of rotatable bonds is 6. The molecule has 0 amide bonds. The minimum Gasteiger partial charge on any atom is -0.382 e. The molecule has 1 fully saturated rings. The molecule has 1 aliphatic heterocycles. The predicted octanol–water partition coefficient (Wildman–Crippen LogP) is 1.03. The lowest BCUT2D eigenvalue weighted by Gasteiger charge is -2.22. The van der Waals surface area contributed by atoms with Crippen molar-refractivity contribution in [3.63, 3.8) is 0 Å². The minimum atomic E-state index is -0.496. The fourth-order valence-electron chi connectivity index (χ4n) is 2.43. The third-order valence-electron chi connectivity index (χ3n) is 3.33. The second-order valence-electron chi connectivity index (χ2n) is 4.37. The smallest absolute Gasteiger partial charge is 0.169 e. The number of hydrogen-bond donors (Lipinski definition) is 0. The summed E-state index contributed by atoms with van der Waals surface area (Å²) in [6.45, 7) is 0.376. The van der Waals surface area contributed by atoms with E-state index in [2.05, 4.69) is 20.9 Å². The average molecular weight is 349 g/mol. The molecule has 0 aromatic carbocycles. The van der Waals surface area contributed by atoms with Gasteiger partial charge in [0.1, 0.15) is 28.6 Å². The van der Waals surface area contributed by atoms with Gasteiger partial charge in [0, 0.05) is 21.3 Å². The molecule has 20 heavy (non-hydrogen) atoms. The van der Waals surface area contributed by atoms with Crippen molar-refractivity contribution < 1.29 is 23.7 Å². The number of imidazole rings is 1. The highest BCUT2D eigenvalue weighted by Gasteiger charge is 2.46. The highest BCUT2D eigenvalue weighted by atomic mass is 79.9. The van der Waals surface area contributed by atoms with Crippen molar-refractivity contribution in [3.8, 4) is 0 Å². The summed E-state index contributed by atoms with van der Waals surface area (Å²) in [6, 6.07) is 0. The van der Waals surface area contributed by atoms with E-state index in [1.807, 2.05) is 0 Å². The van der Waals surface area contributed by atoms with Crippen LogP contribution in [0.4, 0.5) is 0 Å². The highest BCUT2D eigenvalue weighted by Crippen LogP contribution is 2.34. The van der Waals surface area contributed by atoms with E-state index in [1.54, 1.807) is 25.9 Å².